The molecule has 0 atom stereocenters. The van der Waals surface area contributed by atoms with Crippen molar-refractivity contribution in [3.05, 3.63) is 59.8 Å². The van der Waals surface area contributed by atoms with Gasteiger partial charge < -0.3 is 9.30 Å². The fourth-order valence-corrected chi connectivity index (χ4v) is 2.24. The van der Waals surface area contributed by atoms with E-state index in [1.165, 1.54) is 0 Å². The second-order valence-electron chi connectivity index (χ2n) is 4.18. The average molecular weight is 258 g/mol. The Hall–Kier alpha value is -1.93. The summed E-state index contributed by atoms with van der Waals surface area (Å²) in [4.78, 5) is 0. The van der Waals surface area contributed by atoms with E-state index in [0.717, 1.165) is 22.4 Å². The Kier molecular flexibility index (Phi) is 2.73. The third kappa shape index (κ3) is 1.95. The first-order valence-electron chi connectivity index (χ1n) is 5.71. The first kappa shape index (κ1) is 11.2. The third-order valence-corrected chi connectivity index (χ3v) is 3.12. The number of para-hydroxylation sites is 1. The predicted octanol–water partition coefficient (Wildman–Crippen LogP) is 4.62. The van der Waals surface area contributed by atoms with Crippen LogP contribution in [0.25, 0.3) is 10.9 Å². The minimum absolute atomic E-state index is 0.673. The van der Waals surface area contributed by atoms with E-state index in [0.29, 0.717) is 5.02 Å². The molecule has 18 heavy (non-hydrogen) atoms. The first-order valence-corrected chi connectivity index (χ1v) is 6.09. The molecule has 90 valence electrons. The molecule has 1 aromatic heterocycles. The van der Waals surface area contributed by atoms with Crippen LogP contribution in [0.15, 0.2) is 54.7 Å². The minimum Gasteiger partial charge on any atom is -0.455 e. The van der Waals surface area contributed by atoms with Gasteiger partial charge in [0.2, 0.25) is 0 Å². The van der Waals surface area contributed by atoms with Crippen LogP contribution in [-0.2, 0) is 7.05 Å². The van der Waals surface area contributed by atoms with Crippen molar-refractivity contribution in [2.45, 2.75) is 0 Å². The number of ether oxygens (including phenoxy) is 1. The molecular weight excluding hydrogens is 246 g/mol. The molecule has 3 heteroatoms. The molecule has 0 aliphatic carbocycles. The van der Waals surface area contributed by atoms with Gasteiger partial charge in [-0.25, -0.2) is 0 Å². The lowest BCUT2D eigenvalue weighted by atomic mass is 10.2. The number of nitrogens with zero attached hydrogens (tertiary/aromatic N) is 1. The van der Waals surface area contributed by atoms with Crippen molar-refractivity contribution in [2.24, 2.45) is 7.05 Å². The molecule has 2 aromatic carbocycles. The summed E-state index contributed by atoms with van der Waals surface area (Å²) in [5, 5.41) is 1.84. The Morgan fingerprint density at radius 3 is 2.72 bits per heavy atom. The average Bonchev–Trinajstić information content (AvgIpc) is 2.72. The van der Waals surface area contributed by atoms with Crippen molar-refractivity contribution < 1.29 is 4.74 Å². The Balaban J connectivity index is 2.07. The summed E-state index contributed by atoms with van der Waals surface area (Å²) in [5.41, 5.74) is 1.08. The predicted molar refractivity (Wildman–Crippen MR) is 74.4 cm³/mol. The molecule has 0 saturated heterocycles. The molecule has 1 heterocycles. The summed E-state index contributed by atoms with van der Waals surface area (Å²) in [6.07, 6.45) is 2.02. The van der Waals surface area contributed by atoms with E-state index in [-0.39, 0.29) is 0 Å². The van der Waals surface area contributed by atoms with E-state index in [1.54, 1.807) is 0 Å². The van der Waals surface area contributed by atoms with E-state index in [1.807, 2.05) is 49.6 Å². The Morgan fingerprint density at radius 2 is 1.89 bits per heavy atom. The Bertz CT molecular complexity index is 703. The molecule has 0 bridgehead atoms. The molecule has 0 unspecified atom stereocenters. The number of benzene rings is 2. The highest BCUT2D eigenvalue weighted by atomic mass is 35.5. The summed E-state index contributed by atoms with van der Waals surface area (Å²) in [6.45, 7) is 0. The van der Waals surface area contributed by atoms with Crippen molar-refractivity contribution in [3.63, 3.8) is 0 Å². The standard InChI is InChI=1S/C15H12ClNO/c1-17-9-8-11-4-2-7-14(15(11)17)18-13-6-3-5-12(16)10-13/h2-10H,1H3. The largest absolute Gasteiger partial charge is 0.455 e. The van der Waals surface area contributed by atoms with Gasteiger partial charge in [-0.1, -0.05) is 29.8 Å². The molecule has 3 rings (SSSR count). The molecule has 0 amide bonds. The van der Waals surface area contributed by atoms with Gasteiger partial charge in [0.05, 0.1) is 5.52 Å². The number of hydrogen-bond acceptors (Lipinski definition) is 1. The molecule has 0 aliphatic rings. The lowest BCUT2D eigenvalue weighted by Gasteiger charge is -2.08. The van der Waals surface area contributed by atoms with Gasteiger partial charge in [-0.05, 0) is 30.3 Å². The number of aryl methyl sites for hydroxylation is 1. The number of fused-ring (bicyclic) bond motifs is 1. The van der Waals surface area contributed by atoms with Crippen LogP contribution in [-0.4, -0.2) is 4.57 Å². The molecule has 0 N–H and O–H groups in total. The minimum atomic E-state index is 0.673. The maximum atomic E-state index is 5.95. The molecule has 2 nitrogen and oxygen atoms in total. The van der Waals surface area contributed by atoms with Crippen LogP contribution < -0.4 is 4.74 Å². The van der Waals surface area contributed by atoms with Crippen LogP contribution in [0.5, 0.6) is 11.5 Å². The maximum Gasteiger partial charge on any atom is 0.151 e. The monoisotopic (exact) mass is 257 g/mol. The number of rotatable bonds is 2. The SMILES string of the molecule is Cn1ccc2cccc(Oc3cccc(Cl)c3)c21. The molecule has 3 aromatic rings. The fraction of sp³-hybridized carbons (Fsp3) is 0.0667. The summed E-state index contributed by atoms with van der Waals surface area (Å²) in [5.74, 6) is 1.58. The van der Waals surface area contributed by atoms with Crippen molar-refractivity contribution in [3.8, 4) is 11.5 Å². The normalized spacial score (nSPS) is 10.8. The molecule has 0 fully saturated rings. The van der Waals surface area contributed by atoms with Gasteiger partial charge in [-0.15, -0.1) is 0 Å². The number of halogens is 1. The smallest absolute Gasteiger partial charge is 0.151 e. The highest BCUT2D eigenvalue weighted by Crippen LogP contribution is 2.31. The molecule has 0 saturated carbocycles. The van der Waals surface area contributed by atoms with E-state index >= 15 is 0 Å². The van der Waals surface area contributed by atoms with Crippen LogP contribution in [0, 0.1) is 0 Å². The summed E-state index contributed by atoms with van der Waals surface area (Å²) >= 11 is 5.95. The van der Waals surface area contributed by atoms with Crippen molar-refractivity contribution in [1.82, 2.24) is 4.57 Å². The highest BCUT2D eigenvalue weighted by molar-refractivity contribution is 6.30. The van der Waals surface area contributed by atoms with Crippen LogP contribution in [0.1, 0.15) is 0 Å². The summed E-state index contributed by atoms with van der Waals surface area (Å²) in [6, 6.07) is 15.5. The Labute approximate surface area is 110 Å². The van der Waals surface area contributed by atoms with Crippen LogP contribution in [0.3, 0.4) is 0 Å². The molecule has 0 radical (unpaired) electrons. The van der Waals surface area contributed by atoms with Gasteiger partial charge in [0.1, 0.15) is 5.75 Å². The number of hydrogen-bond donors (Lipinski definition) is 0. The lowest BCUT2D eigenvalue weighted by molar-refractivity contribution is 0.486. The topological polar surface area (TPSA) is 14.2 Å². The van der Waals surface area contributed by atoms with E-state index in [9.17, 15) is 0 Å². The molecular formula is C15H12ClNO. The quantitative estimate of drug-likeness (QED) is 0.653. The zero-order valence-electron chi connectivity index (χ0n) is 9.93. The van der Waals surface area contributed by atoms with Crippen molar-refractivity contribution in [1.29, 1.82) is 0 Å². The van der Waals surface area contributed by atoms with Gasteiger partial charge in [0.25, 0.3) is 0 Å². The van der Waals surface area contributed by atoms with Crippen molar-refractivity contribution in [2.75, 3.05) is 0 Å². The van der Waals surface area contributed by atoms with E-state index in [2.05, 4.69) is 16.7 Å². The highest BCUT2D eigenvalue weighted by Gasteiger charge is 2.06. The van der Waals surface area contributed by atoms with Gasteiger partial charge >= 0.3 is 0 Å². The van der Waals surface area contributed by atoms with Crippen LogP contribution >= 0.6 is 11.6 Å². The number of aromatic nitrogens is 1. The molecule has 0 spiro atoms. The zero-order chi connectivity index (χ0) is 12.5. The zero-order valence-corrected chi connectivity index (χ0v) is 10.7. The van der Waals surface area contributed by atoms with Crippen LogP contribution in [0.2, 0.25) is 5.02 Å². The lowest BCUT2D eigenvalue weighted by Crippen LogP contribution is -1.90. The van der Waals surface area contributed by atoms with E-state index in [4.69, 9.17) is 16.3 Å². The van der Waals surface area contributed by atoms with Crippen LogP contribution in [0.4, 0.5) is 0 Å². The van der Waals surface area contributed by atoms with Crippen molar-refractivity contribution >= 4 is 22.5 Å². The maximum absolute atomic E-state index is 5.95. The fourth-order valence-electron chi connectivity index (χ4n) is 2.06. The van der Waals surface area contributed by atoms with Gasteiger partial charge in [-0.3, -0.25) is 0 Å². The van der Waals surface area contributed by atoms with Gasteiger partial charge in [0.15, 0.2) is 5.75 Å². The Morgan fingerprint density at radius 1 is 1.06 bits per heavy atom. The van der Waals surface area contributed by atoms with Gasteiger partial charge in [-0.2, -0.15) is 0 Å². The summed E-state index contributed by atoms with van der Waals surface area (Å²) in [7, 11) is 2.01. The summed E-state index contributed by atoms with van der Waals surface area (Å²) < 4.78 is 7.96. The second kappa shape index (κ2) is 4.39. The van der Waals surface area contributed by atoms with E-state index < -0.39 is 0 Å². The van der Waals surface area contributed by atoms with Gasteiger partial charge in [0, 0.05) is 23.7 Å². The first-order chi connectivity index (χ1) is 8.74. The third-order valence-electron chi connectivity index (χ3n) is 2.88. The second-order valence-corrected chi connectivity index (χ2v) is 4.62. The molecule has 0 aliphatic heterocycles.